The van der Waals surface area contributed by atoms with Crippen LogP contribution in [0, 0.1) is 0 Å². The summed E-state index contributed by atoms with van der Waals surface area (Å²) in [6.45, 7) is 4.38. The smallest absolute Gasteiger partial charge is 0.360 e. The summed E-state index contributed by atoms with van der Waals surface area (Å²) in [5, 5.41) is 0. The minimum atomic E-state index is -5.26. The Balaban J connectivity index is 5.35. The Morgan fingerprint density at radius 3 is 1.05 bits per heavy atom. The molecule has 0 rings (SSSR count). The van der Waals surface area contributed by atoms with Crippen molar-refractivity contribution in [2.75, 3.05) is 0 Å². The molecule has 0 heterocycles. The van der Waals surface area contributed by atoms with Crippen LogP contribution < -0.4 is 0 Å². The number of ether oxygens (including phenoxy) is 1. The fraction of sp³-hybridized carbons (Fsp3) is 0.200. The molecule has 0 aromatic heterocycles. The van der Waals surface area contributed by atoms with E-state index in [-0.39, 0.29) is 0 Å². The molecule has 0 unspecified atom stereocenters. The fourth-order valence-corrected chi connectivity index (χ4v) is 0.759. The van der Waals surface area contributed by atoms with E-state index < -0.39 is 47.2 Å². The lowest BCUT2D eigenvalue weighted by atomic mass is 10.2. The summed E-state index contributed by atoms with van der Waals surface area (Å²) in [5.41, 5.74) is 0. The molecule has 0 fully saturated rings. The average molecular weight is 330 g/mol. The fourth-order valence-electron chi connectivity index (χ4n) is 0.759. The van der Waals surface area contributed by atoms with Crippen LogP contribution in [-0.4, -0.2) is 11.8 Å². The molecule has 0 bridgehead atoms. The molecule has 0 N–H and O–H groups in total. The maximum absolute atomic E-state index is 12.9. The Kier molecular flexibility index (Phi) is 5.65. The van der Waals surface area contributed by atoms with Gasteiger partial charge in [0.25, 0.3) is 0 Å². The Morgan fingerprint density at radius 1 is 0.619 bits per heavy atom. The summed E-state index contributed by atoms with van der Waals surface area (Å²) in [6.07, 6.45) is -6.99. The zero-order valence-corrected chi connectivity index (χ0v) is 9.60. The van der Waals surface area contributed by atoms with Gasteiger partial charge in [0, 0.05) is 0 Å². The van der Waals surface area contributed by atoms with Crippen molar-refractivity contribution in [3.8, 4) is 0 Å². The van der Waals surface area contributed by atoms with E-state index in [1.165, 1.54) is 0 Å². The minimum Gasteiger partial charge on any atom is -0.454 e. The van der Waals surface area contributed by atoms with E-state index >= 15 is 0 Å². The second-order valence-corrected chi connectivity index (χ2v) is 3.25. The van der Waals surface area contributed by atoms with Crippen LogP contribution in [-0.2, 0) is 4.74 Å². The van der Waals surface area contributed by atoms with Crippen molar-refractivity contribution >= 4 is 0 Å². The normalized spacial score (nSPS) is 11.7. The molecule has 0 spiro atoms. The van der Waals surface area contributed by atoms with Gasteiger partial charge >= 0.3 is 24.0 Å². The van der Waals surface area contributed by atoms with Crippen LogP contribution in [0.4, 0.5) is 43.9 Å². The lowest BCUT2D eigenvalue weighted by molar-refractivity contribution is -0.0383. The third kappa shape index (κ3) is 4.02. The Labute approximate surface area is 110 Å². The number of hydrogen-bond acceptors (Lipinski definition) is 1. The van der Waals surface area contributed by atoms with Crippen LogP contribution in [0.3, 0.4) is 0 Å². The van der Waals surface area contributed by atoms with E-state index in [1.54, 1.807) is 0 Å². The summed E-state index contributed by atoms with van der Waals surface area (Å²) in [4.78, 5) is 0. The summed E-state index contributed by atoms with van der Waals surface area (Å²) < 4.78 is 127. The van der Waals surface area contributed by atoms with Crippen LogP contribution in [0.2, 0.25) is 0 Å². The predicted molar refractivity (Wildman–Crippen MR) is 50.0 cm³/mol. The van der Waals surface area contributed by atoms with Gasteiger partial charge in [-0.15, -0.1) is 0 Å². The van der Waals surface area contributed by atoms with Gasteiger partial charge in [-0.05, 0) is 0 Å². The Hall–Kier alpha value is -1.94. The van der Waals surface area contributed by atoms with Gasteiger partial charge in [-0.3, -0.25) is 0 Å². The molecule has 1 nitrogen and oxygen atoms in total. The van der Waals surface area contributed by atoms with Gasteiger partial charge < -0.3 is 4.74 Å². The standard InChI is InChI=1S/C10H4F10O/c1-3(9(17,18)5(11)7(13)14)21-4(2)10(19,20)6(12)8(15)16/h1-2H2. The highest BCUT2D eigenvalue weighted by Gasteiger charge is 2.49. The molecule has 120 valence electrons. The summed E-state index contributed by atoms with van der Waals surface area (Å²) in [7, 11) is 0. The van der Waals surface area contributed by atoms with Gasteiger partial charge in [0.2, 0.25) is 11.7 Å². The quantitative estimate of drug-likeness (QED) is 0.464. The first kappa shape index (κ1) is 19.1. The average Bonchev–Trinajstić information content (AvgIpc) is 2.35. The highest BCUT2D eigenvalue weighted by molar-refractivity contribution is 5.24. The first-order valence-corrected chi connectivity index (χ1v) is 4.51. The van der Waals surface area contributed by atoms with Crippen molar-refractivity contribution in [1.82, 2.24) is 0 Å². The molecule has 0 aliphatic carbocycles. The highest BCUT2D eigenvalue weighted by Crippen LogP contribution is 2.41. The summed E-state index contributed by atoms with van der Waals surface area (Å²) in [6, 6.07) is 0. The molecule has 0 saturated heterocycles. The monoisotopic (exact) mass is 330 g/mol. The van der Waals surface area contributed by atoms with Crippen molar-refractivity contribution in [3.05, 3.63) is 48.5 Å². The summed E-state index contributed by atoms with van der Waals surface area (Å²) >= 11 is 0. The van der Waals surface area contributed by atoms with Crippen molar-refractivity contribution in [3.63, 3.8) is 0 Å². The third-order valence-corrected chi connectivity index (χ3v) is 1.83. The van der Waals surface area contributed by atoms with E-state index in [2.05, 4.69) is 17.9 Å². The minimum absolute atomic E-state index is 2.19. The second-order valence-electron chi connectivity index (χ2n) is 3.25. The van der Waals surface area contributed by atoms with Crippen molar-refractivity contribution in [2.24, 2.45) is 0 Å². The van der Waals surface area contributed by atoms with Gasteiger partial charge in [0.1, 0.15) is 0 Å². The van der Waals surface area contributed by atoms with Gasteiger partial charge in [0.15, 0.2) is 11.5 Å². The zero-order chi connectivity index (χ0) is 17.2. The predicted octanol–water partition coefficient (Wildman–Crippen LogP) is 5.46. The lowest BCUT2D eigenvalue weighted by Crippen LogP contribution is -2.27. The van der Waals surface area contributed by atoms with Crippen molar-refractivity contribution in [2.45, 2.75) is 11.8 Å². The molecule has 11 heteroatoms. The first-order chi connectivity index (χ1) is 9.26. The Bertz CT molecular complexity index is 462. The van der Waals surface area contributed by atoms with Gasteiger partial charge in [-0.2, -0.15) is 43.9 Å². The molecule has 0 atom stereocenters. The van der Waals surface area contributed by atoms with E-state index in [1.807, 2.05) is 0 Å². The number of alkyl halides is 4. The van der Waals surface area contributed by atoms with Crippen LogP contribution in [0.1, 0.15) is 0 Å². The zero-order valence-electron chi connectivity index (χ0n) is 9.60. The number of hydrogen-bond donors (Lipinski definition) is 0. The number of allylic oxidation sites excluding steroid dienone is 2. The van der Waals surface area contributed by atoms with Gasteiger partial charge in [-0.25, -0.2) is 0 Å². The first-order valence-electron chi connectivity index (χ1n) is 4.51. The van der Waals surface area contributed by atoms with E-state index in [4.69, 9.17) is 0 Å². The maximum atomic E-state index is 12.9. The number of halogens is 10. The number of rotatable bonds is 6. The molecule has 0 aromatic carbocycles. The third-order valence-electron chi connectivity index (χ3n) is 1.83. The molecular weight excluding hydrogens is 326 g/mol. The topological polar surface area (TPSA) is 9.23 Å². The SMILES string of the molecule is C=C(OC(=C)C(F)(F)C(F)=C(F)F)C(F)(F)C(F)=C(F)F. The molecule has 0 saturated carbocycles. The largest absolute Gasteiger partial charge is 0.454 e. The highest BCUT2D eigenvalue weighted by atomic mass is 19.3. The lowest BCUT2D eigenvalue weighted by Gasteiger charge is -2.21. The molecule has 0 amide bonds. The molecule has 0 aliphatic rings. The van der Waals surface area contributed by atoms with Crippen LogP contribution in [0.5, 0.6) is 0 Å². The molecule has 0 aliphatic heterocycles. The van der Waals surface area contributed by atoms with Crippen LogP contribution >= 0.6 is 0 Å². The Morgan fingerprint density at radius 2 is 0.857 bits per heavy atom. The van der Waals surface area contributed by atoms with E-state index in [9.17, 15) is 43.9 Å². The maximum Gasteiger partial charge on any atom is 0.360 e. The van der Waals surface area contributed by atoms with Crippen LogP contribution in [0.15, 0.2) is 48.5 Å². The second kappa shape index (κ2) is 6.22. The molecule has 0 radical (unpaired) electrons. The molecule has 0 aromatic rings. The van der Waals surface area contributed by atoms with Crippen LogP contribution in [0.25, 0.3) is 0 Å². The van der Waals surface area contributed by atoms with E-state index in [0.29, 0.717) is 0 Å². The van der Waals surface area contributed by atoms with Gasteiger partial charge in [0.05, 0.1) is 0 Å². The molecular formula is C10H4F10O. The van der Waals surface area contributed by atoms with E-state index in [0.717, 1.165) is 0 Å². The van der Waals surface area contributed by atoms with Gasteiger partial charge in [-0.1, -0.05) is 13.2 Å². The molecule has 21 heavy (non-hydrogen) atoms. The summed E-state index contributed by atoms with van der Waals surface area (Å²) in [5.74, 6) is -21.9. The van der Waals surface area contributed by atoms with Crippen molar-refractivity contribution < 1.29 is 48.6 Å². The van der Waals surface area contributed by atoms with Crippen molar-refractivity contribution in [1.29, 1.82) is 0 Å².